The highest BCUT2D eigenvalue weighted by atomic mass is 16.4. The van der Waals surface area contributed by atoms with E-state index in [9.17, 15) is 9.90 Å². The van der Waals surface area contributed by atoms with Gasteiger partial charge in [-0.2, -0.15) is 0 Å². The number of benzene rings is 2. The van der Waals surface area contributed by atoms with Crippen LogP contribution in [0, 0.1) is 6.92 Å². The molecule has 104 valence electrons. The molecule has 2 N–H and O–H groups in total. The first kappa shape index (κ1) is 14.3. The highest BCUT2D eigenvalue weighted by Crippen LogP contribution is 2.20. The lowest BCUT2D eigenvalue weighted by Crippen LogP contribution is -2.30. The summed E-state index contributed by atoms with van der Waals surface area (Å²) in [6.07, 6.45) is 0. The Balaban J connectivity index is 2.16. The van der Waals surface area contributed by atoms with Crippen LogP contribution in [0.4, 0.5) is 0 Å². The van der Waals surface area contributed by atoms with E-state index >= 15 is 0 Å². The third-order valence-corrected chi connectivity index (χ3v) is 3.37. The van der Waals surface area contributed by atoms with Gasteiger partial charge in [-0.15, -0.1) is 0 Å². The molecule has 0 heterocycles. The lowest BCUT2D eigenvalue weighted by atomic mass is 10.0. The van der Waals surface area contributed by atoms with Crippen molar-refractivity contribution in [1.29, 1.82) is 0 Å². The van der Waals surface area contributed by atoms with Gasteiger partial charge in [0.2, 0.25) is 0 Å². The zero-order valence-corrected chi connectivity index (χ0v) is 11.7. The maximum Gasteiger partial charge on any atom is 0.325 e. The fourth-order valence-electron chi connectivity index (χ4n) is 2.16. The number of hydrogen-bond donors (Lipinski definition) is 2. The number of hydrogen-bond acceptors (Lipinski definition) is 2. The van der Waals surface area contributed by atoms with Crippen LogP contribution < -0.4 is 5.32 Å². The van der Waals surface area contributed by atoms with Crippen LogP contribution in [-0.4, -0.2) is 11.1 Å². The maximum atomic E-state index is 11.5. The zero-order chi connectivity index (χ0) is 14.5. The van der Waals surface area contributed by atoms with Crippen LogP contribution >= 0.6 is 0 Å². The Bertz CT molecular complexity index is 563. The van der Waals surface area contributed by atoms with Crippen LogP contribution in [0.2, 0.25) is 0 Å². The van der Waals surface area contributed by atoms with Gasteiger partial charge in [0.05, 0.1) is 0 Å². The SMILES string of the molecule is Cc1ccc(C(C)NC(C(=O)O)c2ccccc2)cc1. The molecule has 3 nitrogen and oxygen atoms in total. The number of carbonyl (C=O) groups is 1. The Morgan fingerprint density at radius 1 is 1.00 bits per heavy atom. The van der Waals surface area contributed by atoms with E-state index in [1.165, 1.54) is 5.56 Å². The average Bonchev–Trinajstić information content (AvgIpc) is 2.46. The molecule has 0 aliphatic rings. The molecule has 0 aliphatic heterocycles. The molecule has 0 aliphatic carbocycles. The van der Waals surface area contributed by atoms with E-state index in [4.69, 9.17) is 0 Å². The fraction of sp³-hybridized carbons (Fsp3) is 0.235. The molecule has 0 fully saturated rings. The predicted octanol–water partition coefficient (Wildman–Crippen LogP) is 3.47. The highest BCUT2D eigenvalue weighted by molar-refractivity contribution is 5.75. The molecule has 2 aromatic rings. The zero-order valence-electron chi connectivity index (χ0n) is 11.7. The minimum Gasteiger partial charge on any atom is -0.480 e. The number of rotatable bonds is 5. The van der Waals surface area contributed by atoms with E-state index < -0.39 is 12.0 Å². The van der Waals surface area contributed by atoms with Crippen molar-refractivity contribution in [3.8, 4) is 0 Å². The van der Waals surface area contributed by atoms with Crippen LogP contribution in [0.1, 0.15) is 35.7 Å². The molecule has 2 unspecified atom stereocenters. The number of carboxylic acids is 1. The Hall–Kier alpha value is -2.13. The fourth-order valence-corrected chi connectivity index (χ4v) is 2.16. The Morgan fingerprint density at radius 3 is 2.15 bits per heavy atom. The van der Waals surface area contributed by atoms with E-state index in [0.717, 1.165) is 11.1 Å². The average molecular weight is 269 g/mol. The van der Waals surface area contributed by atoms with Crippen molar-refractivity contribution in [3.63, 3.8) is 0 Å². The second-order valence-electron chi connectivity index (χ2n) is 4.98. The first-order chi connectivity index (χ1) is 9.58. The quantitative estimate of drug-likeness (QED) is 0.873. The van der Waals surface area contributed by atoms with E-state index in [1.807, 2.05) is 68.4 Å². The first-order valence-electron chi connectivity index (χ1n) is 6.68. The highest BCUT2D eigenvalue weighted by Gasteiger charge is 2.21. The lowest BCUT2D eigenvalue weighted by molar-refractivity contribution is -0.139. The van der Waals surface area contributed by atoms with Gasteiger partial charge in [0, 0.05) is 6.04 Å². The van der Waals surface area contributed by atoms with Crippen molar-refractivity contribution in [1.82, 2.24) is 5.32 Å². The van der Waals surface area contributed by atoms with Gasteiger partial charge in [-0.05, 0) is 25.0 Å². The molecule has 0 spiro atoms. The molecule has 0 amide bonds. The van der Waals surface area contributed by atoms with Gasteiger partial charge >= 0.3 is 5.97 Å². The van der Waals surface area contributed by atoms with Crippen molar-refractivity contribution in [2.75, 3.05) is 0 Å². The topological polar surface area (TPSA) is 49.3 Å². The molecule has 2 rings (SSSR count). The Morgan fingerprint density at radius 2 is 1.60 bits per heavy atom. The summed E-state index contributed by atoms with van der Waals surface area (Å²) in [5.41, 5.74) is 3.04. The molecule has 0 radical (unpaired) electrons. The summed E-state index contributed by atoms with van der Waals surface area (Å²) in [6.45, 7) is 4.01. The van der Waals surface area contributed by atoms with Crippen LogP contribution in [0.15, 0.2) is 54.6 Å². The summed E-state index contributed by atoms with van der Waals surface area (Å²) < 4.78 is 0. The molecule has 3 heteroatoms. The smallest absolute Gasteiger partial charge is 0.325 e. The normalized spacial score (nSPS) is 13.7. The van der Waals surface area contributed by atoms with Crippen LogP contribution in [-0.2, 0) is 4.79 Å². The van der Waals surface area contributed by atoms with Gasteiger partial charge in [0.25, 0.3) is 0 Å². The van der Waals surface area contributed by atoms with Gasteiger partial charge in [0.1, 0.15) is 6.04 Å². The summed E-state index contributed by atoms with van der Waals surface area (Å²) in [5.74, 6) is -0.866. The summed E-state index contributed by atoms with van der Waals surface area (Å²) in [4.78, 5) is 11.5. The molecule has 0 bridgehead atoms. The van der Waals surface area contributed by atoms with Crippen LogP contribution in [0.25, 0.3) is 0 Å². The summed E-state index contributed by atoms with van der Waals surface area (Å²) >= 11 is 0. The van der Waals surface area contributed by atoms with E-state index in [0.29, 0.717) is 0 Å². The summed E-state index contributed by atoms with van der Waals surface area (Å²) in [6, 6.07) is 16.6. The standard InChI is InChI=1S/C17H19NO2/c1-12-8-10-14(11-9-12)13(2)18-16(17(19)20)15-6-4-3-5-7-15/h3-11,13,16,18H,1-2H3,(H,19,20). The van der Waals surface area contributed by atoms with Gasteiger partial charge in [-0.3, -0.25) is 10.1 Å². The minimum atomic E-state index is -0.866. The molecule has 2 aromatic carbocycles. The third-order valence-electron chi connectivity index (χ3n) is 3.37. The molecular formula is C17H19NO2. The molecular weight excluding hydrogens is 250 g/mol. The number of carboxylic acid groups (broad SMARTS) is 1. The molecule has 2 atom stereocenters. The number of aliphatic carboxylic acids is 1. The van der Waals surface area contributed by atoms with E-state index in [2.05, 4.69) is 5.32 Å². The second kappa shape index (κ2) is 6.35. The maximum absolute atomic E-state index is 11.5. The van der Waals surface area contributed by atoms with Crippen molar-refractivity contribution >= 4 is 5.97 Å². The van der Waals surface area contributed by atoms with Gasteiger partial charge in [-0.1, -0.05) is 60.2 Å². The van der Waals surface area contributed by atoms with Crippen LogP contribution in [0.5, 0.6) is 0 Å². The minimum absolute atomic E-state index is 0.0306. The summed E-state index contributed by atoms with van der Waals surface area (Å²) in [5, 5.41) is 12.6. The van der Waals surface area contributed by atoms with Crippen LogP contribution in [0.3, 0.4) is 0 Å². The van der Waals surface area contributed by atoms with Gasteiger partial charge < -0.3 is 5.11 Å². The summed E-state index contributed by atoms with van der Waals surface area (Å²) in [7, 11) is 0. The third kappa shape index (κ3) is 3.45. The van der Waals surface area contributed by atoms with Gasteiger partial charge in [0.15, 0.2) is 0 Å². The first-order valence-corrected chi connectivity index (χ1v) is 6.68. The Labute approximate surface area is 119 Å². The monoisotopic (exact) mass is 269 g/mol. The molecule has 0 saturated heterocycles. The second-order valence-corrected chi connectivity index (χ2v) is 4.98. The van der Waals surface area contributed by atoms with Crippen molar-refractivity contribution in [2.45, 2.75) is 25.9 Å². The van der Waals surface area contributed by atoms with Crippen molar-refractivity contribution in [3.05, 3.63) is 71.3 Å². The number of nitrogens with one attached hydrogen (secondary N) is 1. The number of aryl methyl sites for hydroxylation is 1. The molecule has 0 aromatic heterocycles. The lowest BCUT2D eigenvalue weighted by Gasteiger charge is -2.21. The molecule has 0 saturated carbocycles. The molecule has 20 heavy (non-hydrogen) atoms. The Kier molecular flexibility index (Phi) is 4.53. The van der Waals surface area contributed by atoms with Gasteiger partial charge in [-0.25, -0.2) is 0 Å². The van der Waals surface area contributed by atoms with E-state index in [-0.39, 0.29) is 6.04 Å². The van der Waals surface area contributed by atoms with E-state index in [1.54, 1.807) is 0 Å². The predicted molar refractivity (Wildman–Crippen MR) is 79.5 cm³/mol. The van der Waals surface area contributed by atoms with Crippen molar-refractivity contribution in [2.24, 2.45) is 0 Å². The largest absolute Gasteiger partial charge is 0.480 e. The van der Waals surface area contributed by atoms with Crippen molar-refractivity contribution < 1.29 is 9.90 Å².